The lowest BCUT2D eigenvalue weighted by atomic mass is 9.81. The van der Waals surface area contributed by atoms with Gasteiger partial charge in [0.1, 0.15) is 5.82 Å². The molecule has 0 amide bonds. The Morgan fingerprint density at radius 2 is 1.61 bits per heavy atom. The third-order valence-corrected chi connectivity index (χ3v) is 9.70. The van der Waals surface area contributed by atoms with Crippen molar-refractivity contribution in [2.24, 2.45) is 0 Å². The Kier molecular flexibility index (Phi) is 7.15. The number of nitrogens with zero attached hydrogens (tertiary/aromatic N) is 3. The molecule has 7 rings (SSSR count). The van der Waals surface area contributed by atoms with Crippen LogP contribution in [-0.2, 0) is 6.18 Å². The Labute approximate surface area is 240 Å². The smallest absolute Gasteiger partial charge is 0.370 e. The van der Waals surface area contributed by atoms with Crippen molar-refractivity contribution in [2.75, 3.05) is 29.4 Å². The fourth-order valence-electron chi connectivity index (χ4n) is 7.67. The zero-order valence-electron chi connectivity index (χ0n) is 23.3. The molecule has 4 fully saturated rings. The van der Waals surface area contributed by atoms with Gasteiger partial charge in [-0.05, 0) is 97.8 Å². The van der Waals surface area contributed by atoms with Crippen molar-refractivity contribution in [3.63, 3.8) is 0 Å². The van der Waals surface area contributed by atoms with Crippen LogP contribution in [0.1, 0.15) is 62.1 Å². The van der Waals surface area contributed by atoms with Gasteiger partial charge in [-0.2, -0.15) is 13.2 Å². The highest BCUT2D eigenvalue weighted by atomic mass is 19.4. The summed E-state index contributed by atoms with van der Waals surface area (Å²) in [6, 6.07) is 20.7. The molecule has 0 radical (unpaired) electrons. The van der Waals surface area contributed by atoms with Gasteiger partial charge in [-0.25, -0.2) is 4.98 Å². The van der Waals surface area contributed by atoms with E-state index >= 15 is 0 Å². The lowest BCUT2D eigenvalue weighted by Gasteiger charge is -2.56. The first-order chi connectivity index (χ1) is 19.9. The molecule has 1 saturated carbocycles. The fraction of sp³-hybridized carbons (Fsp3) is 0.485. The Bertz CT molecular complexity index is 1350. The summed E-state index contributed by atoms with van der Waals surface area (Å²) in [6.45, 7) is 2.66. The van der Waals surface area contributed by atoms with Gasteiger partial charge in [-0.3, -0.25) is 0 Å². The number of benzene rings is 2. The van der Waals surface area contributed by atoms with E-state index in [0.717, 1.165) is 50.4 Å². The number of hydrogen-bond acceptors (Lipinski definition) is 5. The van der Waals surface area contributed by atoms with Gasteiger partial charge >= 0.3 is 6.18 Å². The van der Waals surface area contributed by atoms with E-state index in [4.69, 9.17) is 4.98 Å². The van der Waals surface area contributed by atoms with Crippen LogP contribution in [0.2, 0.25) is 0 Å². The summed E-state index contributed by atoms with van der Waals surface area (Å²) in [4.78, 5) is 9.80. The number of rotatable bonds is 4. The first-order valence-electron chi connectivity index (χ1n) is 15.2. The number of fused-ring (bicyclic) bond motifs is 2. The number of halogens is 3. The fourth-order valence-corrected chi connectivity index (χ4v) is 7.67. The highest BCUT2D eigenvalue weighted by molar-refractivity contribution is 5.68. The van der Waals surface area contributed by atoms with Gasteiger partial charge < -0.3 is 20.4 Å². The maximum atomic E-state index is 13.1. The molecule has 4 aliphatic rings. The number of pyridine rings is 1. The molecule has 8 heteroatoms. The number of nitrogens with one attached hydrogen (secondary N) is 2. The summed E-state index contributed by atoms with van der Waals surface area (Å²) in [5.74, 6) is 1.04. The molecule has 2 unspecified atom stereocenters. The van der Waals surface area contributed by atoms with Gasteiger partial charge in [0.15, 0.2) is 0 Å². The maximum absolute atomic E-state index is 13.1. The second kappa shape index (κ2) is 11.0. The first-order valence-corrected chi connectivity index (χ1v) is 15.2. The monoisotopic (exact) mass is 561 g/mol. The molecular weight excluding hydrogens is 523 g/mol. The summed E-state index contributed by atoms with van der Waals surface area (Å²) in [5, 5.41) is 7.60. The van der Waals surface area contributed by atoms with Crippen molar-refractivity contribution >= 4 is 11.5 Å². The van der Waals surface area contributed by atoms with E-state index in [1.165, 1.54) is 54.5 Å². The third kappa shape index (κ3) is 5.32. The van der Waals surface area contributed by atoms with Gasteiger partial charge in [-0.15, -0.1) is 0 Å². The Morgan fingerprint density at radius 3 is 2.41 bits per heavy atom. The number of piperazine rings is 1. The van der Waals surface area contributed by atoms with E-state index in [-0.39, 0.29) is 12.1 Å². The Balaban J connectivity index is 1.16. The van der Waals surface area contributed by atoms with E-state index in [9.17, 15) is 13.2 Å². The SMILES string of the molecule is FC(F)(F)c1ccc(N2CCC3[C@@H](C2)N[C@@H]2CCCC[C@H]2N3c2cc(-c3cccc(C4CCCN4)c3)ccn2)cc1. The molecule has 2 N–H and O–H groups in total. The molecule has 3 aliphatic heterocycles. The van der Waals surface area contributed by atoms with Crippen molar-refractivity contribution in [1.82, 2.24) is 15.6 Å². The summed E-state index contributed by atoms with van der Waals surface area (Å²) in [6.07, 6.45) is 5.71. The summed E-state index contributed by atoms with van der Waals surface area (Å²) in [5.41, 5.74) is 4.03. The first kappa shape index (κ1) is 26.8. The van der Waals surface area contributed by atoms with Crippen LogP contribution in [0.15, 0.2) is 66.9 Å². The number of aromatic nitrogens is 1. The molecule has 2 aromatic carbocycles. The Morgan fingerprint density at radius 1 is 0.805 bits per heavy atom. The lowest BCUT2D eigenvalue weighted by Crippen LogP contribution is -2.72. The molecule has 216 valence electrons. The molecule has 1 aromatic heterocycles. The van der Waals surface area contributed by atoms with E-state index in [1.807, 2.05) is 6.20 Å². The topological polar surface area (TPSA) is 43.4 Å². The van der Waals surface area contributed by atoms with Crippen molar-refractivity contribution < 1.29 is 13.2 Å². The molecule has 5 nitrogen and oxygen atoms in total. The summed E-state index contributed by atoms with van der Waals surface area (Å²) < 4.78 is 39.4. The maximum Gasteiger partial charge on any atom is 0.416 e. The largest absolute Gasteiger partial charge is 0.416 e. The van der Waals surface area contributed by atoms with Gasteiger partial charge in [0.25, 0.3) is 0 Å². The van der Waals surface area contributed by atoms with Crippen LogP contribution in [0.3, 0.4) is 0 Å². The van der Waals surface area contributed by atoms with Gasteiger partial charge in [0.2, 0.25) is 0 Å². The standard InChI is InChI=1S/C33H38F3N5/c34-33(35,36)25-10-12-26(13-11-25)40-18-15-31-29(21-40)39-28-7-1-2-9-30(28)41(31)32-20-23(14-17-38-32)22-5-3-6-24(19-22)27-8-4-16-37-27/h3,5-6,10-14,17,19-20,27-31,37,39H,1-2,4,7-9,15-16,18,21H2/t27?,28-,29-,30-,31?/m1/s1. The highest BCUT2D eigenvalue weighted by Crippen LogP contribution is 2.39. The second-order valence-electron chi connectivity index (χ2n) is 12.2. The minimum absolute atomic E-state index is 0.215. The van der Waals surface area contributed by atoms with Crippen molar-refractivity contribution in [3.05, 3.63) is 78.0 Å². The van der Waals surface area contributed by atoms with Gasteiger partial charge in [-0.1, -0.05) is 31.0 Å². The average Bonchev–Trinajstić information content (AvgIpc) is 3.55. The predicted octanol–water partition coefficient (Wildman–Crippen LogP) is 6.56. The minimum Gasteiger partial charge on any atom is -0.370 e. The molecule has 5 atom stereocenters. The van der Waals surface area contributed by atoms with Crippen LogP contribution >= 0.6 is 0 Å². The average molecular weight is 562 g/mol. The molecular formula is C33H38F3N5. The zero-order valence-corrected chi connectivity index (χ0v) is 23.3. The second-order valence-corrected chi connectivity index (χ2v) is 12.2. The highest BCUT2D eigenvalue weighted by Gasteiger charge is 2.46. The predicted molar refractivity (Wildman–Crippen MR) is 157 cm³/mol. The van der Waals surface area contributed by atoms with E-state index in [2.05, 4.69) is 56.8 Å². The molecule has 4 heterocycles. The number of alkyl halides is 3. The molecule has 1 aliphatic carbocycles. The van der Waals surface area contributed by atoms with Crippen LogP contribution < -0.4 is 20.4 Å². The molecule has 3 saturated heterocycles. The van der Waals surface area contributed by atoms with Crippen LogP contribution in [0.5, 0.6) is 0 Å². The quantitative estimate of drug-likeness (QED) is 0.378. The van der Waals surface area contributed by atoms with E-state index < -0.39 is 11.7 Å². The Hall–Kier alpha value is -3.10. The number of anilines is 2. The van der Waals surface area contributed by atoms with Crippen LogP contribution in [0, 0.1) is 0 Å². The normalized spacial score (nSPS) is 28.3. The van der Waals surface area contributed by atoms with Crippen molar-refractivity contribution in [2.45, 2.75) is 81.3 Å². The van der Waals surface area contributed by atoms with Crippen LogP contribution in [-0.4, -0.2) is 48.8 Å². The van der Waals surface area contributed by atoms with Crippen LogP contribution in [0.25, 0.3) is 11.1 Å². The molecule has 0 spiro atoms. The lowest BCUT2D eigenvalue weighted by molar-refractivity contribution is -0.137. The van der Waals surface area contributed by atoms with Crippen molar-refractivity contribution in [1.29, 1.82) is 0 Å². The molecule has 0 bridgehead atoms. The third-order valence-electron chi connectivity index (χ3n) is 9.70. The molecule has 41 heavy (non-hydrogen) atoms. The summed E-state index contributed by atoms with van der Waals surface area (Å²) >= 11 is 0. The summed E-state index contributed by atoms with van der Waals surface area (Å²) in [7, 11) is 0. The van der Waals surface area contributed by atoms with E-state index in [0.29, 0.717) is 18.1 Å². The number of piperidine rings is 1. The van der Waals surface area contributed by atoms with Gasteiger partial charge in [0.05, 0.1) is 5.56 Å². The van der Waals surface area contributed by atoms with Crippen LogP contribution in [0.4, 0.5) is 24.7 Å². The van der Waals surface area contributed by atoms with Gasteiger partial charge in [0, 0.05) is 55.2 Å². The van der Waals surface area contributed by atoms with Crippen molar-refractivity contribution in [3.8, 4) is 11.1 Å². The zero-order chi connectivity index (χ0) is 28.0. The number of hydrogen-bond donors (Lipinski definition) is 2. The minimum atomic E-state index is -4.32. The molecule has 3 aromatic rings. The van der Waals surface area contributed by atoms with E-state index in [1.54, 1.807) is 12.1 Å².